The van der Waals surface area contributed by atoms with Crippen LogP contribution in [-0.4, -0.2) is 43.6 Å². The summed E-state index contributed by atoms with van der Waals surface area (Å²) in [5.41, 5.74) is 19.0. The summed E-state index contributed by atoms with van der Waals surface area (Å²) >= 11 is 0. The molecule has 12 heteroatoms. The van der Waals surface area contributed by atoms with Crippen molar-refractivity contribution in [1.82, 2.24) is 43.6 Å². The zero-order valence-electron chi connectivity index (χ0n) is 39.8. The Hall–Kier alpha value is -8.64. The van der Waals surface area contributed by atoms with E-state index in [1.54, 1.807) is 0 Å². The average Bonchev–Trinajstić information content (AvgIpc) is 4.23. The molecule has 0 fully saturated rings. The molecule has 6 heterocycles. The molecular weight excluding hydrogens is 871 g/mol. The summed E-state index contributed by atoms with van der Waals surface area (Å²) in [6, 6.07) is 44.3. The highest BCUT2D eigenvalue weighted by Gasteiger charge is 2.23. The molecule has 7 aromatic carbocycles. The summed E-state index contributed by atoms with van der Waals surface area (Å²) in [5.74, 6) is 2.18. The number of aromatic nitrogens is 9. The SMILES string of the molecule is CCc1nc2ccc(-c3ccc4c(c3)ncn4-c3cc(-n4cnc5cc(-c6ccc7nc(C(C)(C)C)oc7c6)ccc54)cc(-n4cnc5cc(-c6ccc7nc(C(C)(C)C)oc7c6)ccc54)c3)cc2o1. The Bertz CT molecular complexity index is 4030. The standard InChI is InChI=1S/C58H47N9O3/c1-8-54-62-42-15-9-36(24-51(42)68-54)33-12-18-48-45(21-33)59-30-65(48)39-27-40(66-31-60-46-22-34(13-19-49(46)66)37-10-16-43-52(25-37)69-55(63-43)57(2,3)4)29-41(28-39)67-32-61-47-23-35(14-20-50(47)67)38-11-17-44-53(26-38)70-56(64-44)58(5,6)7/h9-32H,8H2,1-7H3. The van der Waals surface area contributed by atoms with Crippen LogP contribution in [0.1, 0.15) is 66.1 Å². The van der Waals surface area contributed by atoms with Crippen LogP contribution in [-0.2, 0) is 17.3 Å². The van der Waals surface area contributed by atoms with Gasteiger partial charge in [0.15, 0.2) is 22.6 Å². The molecule has 0 radical (unpaired) electrons. The lowest BCUT2D eigenvalue weighted by molar-refractivity contribution is 0.411. The molecule has 12 nitrogen and oxygen atoms in total. The zero-order chi connectivity index (χ0) is 47.6. The van der Waals surface area contributed by atoms with Crippen LogP contribution in [0.4, 0.5) is 0 Å². The third-order valence-corrected chi connectivity index (χ3v) is 13.2. The molecule has 0 saturated carbocycles. The fourth-order valence-electron chi connectivity index (χ4n) is 9.34. The summed E-state index contributed by atoms with van der Waals surface area (Å²) in [6.07, 6.45) is 6.43. The van der Waals surface area contributed by atoms with E-state index in [0.29, 0.717) is 0 Å². The number of hydrogen-bond acceptors (Lipinski definition) is 9. The molecule has 0 spiro atoms. The normalized spacial score (nSPS) is 12.6. The van der Waals surface area contributed by atoms with E-state index in [9.17, 15) is 0 Å². The molecule has 0 bridgehead atoms. The first kappa shape index (κ1) is 41.5. The first-order valence-corrected chi connectivity index (χ1v) is 23.6. The Kier molecular flexibility index (Phi) is 9.01. The van der Waals surface area contributed by atoms with Crippen LogP contribution in [0, 0.1) is 0 Å². The van der Waals surface area contributed by atoms with Gasteiger partial charge in [-0.2, -0.15) is 0 Å². The second-order valence-corrected chi connectivity index (χ2v) is 20.2. The number of nitrogens with zero attached hydrogens (tertiary/aromatic N) is 9. The lowest BCUT2D eigenvalue weighted by atomic mass is 9.97. The topological polar surface area (TPSA) is 132 Å². The maximum atomic E-state index is 6.22. The van der Waals surface area contributed by atoms with Crippen LogP contribution < -0.4 is 0 Å². The first-order valence-electron chi connectivity index (χ1n) is 23.6. The van der Waals surface area contributed by atoms with Gasteiger partial charge in [-0.05, 0) is 124 Å². The van der Waals surface area contributed by atoms with Gasteiger partial charge in [0.25, 0.3) is 0 Å². The van der Waals surface area contributed by atoms with Gasteiger partial charge < -0.3 is 13.3 Å². The van der Waals surface area contributed by atoms with Gasteiger partial charge in [0.2, 0.25) is 11.8 Å². The van der Waals surface area contributed by atoms with Crippen molar-refractivity contribution in [3.8, 4) is 50.4 Å². The maximum Gasteiger partial charge on any atom is 0.200 e. The predicted octanol–water partition coefficient (Wildman–Crippen LogP) is 14.3. The van der Waals surface area contributed by atoms with E-state index < -0.39 is 0 Å². The summed E-state index contributed by atoms with van der Waals surface area (Å²) in [7, 11) is 0. The van der Waals surface area contributed by atoms with Gasteiger partial charge in [0.05, 0.1) is 50.2 Å². The fourth-order valence-corrected chi connectivity index (χ4v) is 9.34. The molecule has 0 atom stereocenters. The van der Waals surface area contributed by atoms with Crippen LogP contribution in [0.3, 0.4) is 0 Å². The van der Waals surface area contributed by atoms with Crippen LogP contribution in [0.15, 0.2) is 160 Å². The van der Waals surface area contributed by atoms with Gasteiger partial charge in [0.1, 0.15) is 35.5 Å². The minimum absolute atomic E-state index is 0.189. The van der Waals surface area contributed by atoms with E-state index in [-0.39, 0.29) is 10.8 Å². The smallest absolute Gasteiger partial charge is 0.200 e. The van der Waals surface area contributed by atoms with Crippen molar-refractivity contribution in [3.63, 3.8) is 0 Å². The monoisotopic (exact) mass is 917 g/mol. The number of hydrogen-bond donors (Lipinski definition) is 0. The maximum absolute atomic E-state index is 6.22. The second kappa shape index (κ2) is 15.2. The van der Waals surface area contributed by atoms with Crippen molar-refractivity contribution < 1.29 is 13.3 Å². The summed E-state index contributed by atoms with van der Waals surface area (Å²) in [4.78, 5) is 29.0. The first-order chi connectivity index (χ1) is 33.8. The Morgan fingerprint density at radius 3 is 1.06 bits per heavy atom. The number of rotatable bonds is 7. The number of benzene rings is 7. The van der Waals surface area contributed by atoms with E-state index in [0.717, 1.165) is 141 Å². The number of aryl methyl sites for hydroxylation is 1. The van der Waals surface area contributed by atoms with Crippen LogP contribution in [0.2, 0.25) is 0 Å². The fraction of sp³-hybridized carbons (Fsp3) is 0.172. The largest absolute Gasteiger partial charge is 0.441 e. The molecule has 0 amide bonds. The molecule has 0 aliphatic rings. The van der Waals surface area contributed by atoms with Crippen molar-refractivity contribution in [3.05, 3.63) is 164 Å². The van der Waals surface area contributed by atoms with E-state index >= 15 is 0 Å². The lowest BCUT2D eigenvalue weighted by Gasteiger charge is -2.14. The summed E-state index contributed by atoms with van der Waals surface area (Å²) in [5, 5.41) is 0. The Balaban J connectivity index is 0.908. The minimum atomic E-state index is -0.189. The van der Waals surface area contributed by atoms with Crippen molar-refractivity contribution in [2.24, 2.45) is 0 Å². The van der Waals surface area contributed by atoms with Crippen LogP contribution in [0.25, 0.3) is 117 Å². The molecule has 13 aromatic rings. The van der Waals surface area contributed by atoms with E-state index in [2.05, 4.69) is 169 Å². The highest BCUT2D eigenvalue weighted by molar-refractivity contribution is 5.90. The zero-order valence-corrected chi connectivity index (χ0v) is 39.8. The number of imidazole rings is 3. The highest BCUT2D eigenvalue weighted by atomic mass is 16.4. The van der Waals surface area contributed by atoms with Crippen molar-refractivity contribution in [1.29, 1.82) is 0 Å². The Labute approximate surface area is 401 Å². The predicted molar refractivity (Wildman–Crippen MR) is 276 cm³/mol. The van der Waals surface area contributed by atoms with E-state index in [1.807, 2.05) is 44.1 Å². The molecular formula is C58H47N9O3. The van der Waals surface area contributed by atoms with Crippen molar-refractivity contribution >= 4 is 66.4 Å². The number of oxazole rings is 3. The molecule has 70 heavy (non-hydrogen) atoms. The van der Waals surface area contributed by atoms with Gasteiger partial charge in [0, 0.05) is 17.3 Å². The van der Waals surface area contributed by atoms with Crippen LogP contribution in [0.5, 0.6) is 0 Å². The molecule has 0 saturated heterocycles. The third kappa shape index (κ3) is 6.97. The number of fused-ring (bicyclic) bond motifs is 6. The molecule has 342 valence electrons. The Morgan fingerprint density at radius 1 is 0.371 bits per heavy atom. The minimum Gasteiger partial charge on any atom is -0.441 e. The molecule has 0 unspecified atom stereocenters. The molecule has 13 rings (SSSR count). The van der Waals surface area contributed by atoms with E-state index in [1.165, 1.54) is 0 Å². The van der Waals surface area contributed by atoms with Gasteiger partial charge in [-0.25, -0.2) is 29.9 Å². The van der Waals surface area contributed by atoms with Gasteiger partial charge in [-0.3, -0.25) is 13.7 Å². The van der Waals surface area contributed by atoms with Gasteiger partial charge in [-0.1, -0.05) is 84.9 Å². The third-order valence-electron chi connectivity index (χ3n) is 13.2. The van der Waals surface area contributed by atoms with Gasteiger partial charge in [-0.15, -0.1) is 0 Å². The van der Waals surface area contributed by atoms with Crippen molar-refractivity contribution in [2.75, 3.05) is 0 Å². The van der Waals surface area contributed by atoms with Crippen molar-refractivity contribution in [2.45, 2.75) is 65.7 Å². The molecule has 0 aliphatic heterocycles. The van der Waals surface area contributed by atoms with E-state index in [4.69, 9.17) is 38.2 Å². The summed E-state index contributed by atoms with van der Waals surface area (Å²) < 4.78 is 24.9. The molecule has 0 N–H and O–H groups in total. The molecule has 0 aliphatic carbocycles. The van der Waals surface area contributed by atoms with Gasteiger partial charge >= 0.3 is 0 Å². The quantitative estimate of drug-likeness (QED) is 0.153. The lowest BCUT2D eigenvalue weighted by Crippen LogP contribution is -2.10. The Morgan fingerprint density at radius 2 is 0.700 bits per heavy atom. The summed E-state index contributed by atoms with van der Waals surface area (Å²) in [6.45, 7) is 14.7. The van der Waals surface area contributed by atoms with Crippen LogP contribution >= 0.6 is 0 Å². The second-order valence-electron chi connectivity index (χ2n) is 20.2. The highest BCUT2D eigenvalue weighted by Crippen LogP contribution is 2.36. The average molecular weight is 918 g/mol. The molecule has 6 aromatic heterocycles.